The van der Waals surface area contributed by atoms with E-state index in [4.69, 9.17) is 0 Å². The zero-order valence-corrected chi connectivity index (χ0v) is 15.7. The summed E-state index contributed by atoms with van der Waals surface area (Å²) in [7, 11) is 2.05. The van der Waals surface area contributed by atoms with E-state index in [1.54, 1.807) is 0 Å². The van der Waals surface area contributed by atoms with Gasteiger partial charge in [0.05, 0.1) is 12.3 Å². The highest BCUT2D eigenvalue weighted by molar-refractivity contribution is 6.01. The van der Waals surface area contributed by atoms with Gasteiger partial charge in [0.1, 0.15) is 5.56 Å². The van der Waals surface area contributed by atoms with Gasteiger partial charge in [0.2, 0.25) is 5.88 Å². The Balaban J connectivity index is 2.00. The van der Waals surface area contributed by atoms with Crippen LogP contribution in [0.2, 0.25) is 0 Å². The summed E-state index contributed by atoms with van der Waals surface area (Å²) in [6, 6.07) is 9.31. The average molecular weight is 371 g/mol. The predicted molar refractivity (Wildman–Crippen MR) is 104 cm³/mol. The highest BCUT2D eigenvalue weighted by Gasteiger charge is 2.20. The first-order valence-electron chi connectivity index (χ1n) is 9.11. The molecule has 2 N–H and O–H groups in total. The van der Waals surface area contributed by atoms with Crippen molar-refractivity contribution in [2.24, 2.45) is 5.10 Å². The van der Waals surface area contributed by atoms with Gasteiger partial charge < -0.3 is 10.0 Å². The number of piperazine rings is 1. The normalized spacial score (nSPS) is 15.9. The van der Waals surface area contributed by atoms with E-state index in [9.17, 15) is 14.7 Å². The first-order chi connectivity index (χ1) is 13.0. The Morgan fingerprint density at radius 2 is 1.81 bits per heavy atom. The van der Waals surface area contributed by atoms with E-state index in [0.29, 0.717) is 12.1 Å². The molecule has 0 bridgehead atoms. The van der Waals surface area contributed by atoms with Crippen LogP contribution in [0.3, 0.4) is 0 Å². The van der Waals surface area contributed by atoms with Crippen LogP contribution in [0.5, 0.6) is 5.88 Å². The maximum absolute atomic E-state index is 12.4. The lowest BCUT2D eigenvalue weighted by Gasteiger charge is -2.31. The minimum atomic E-state index is -0.639. The van der Waals surface area contributed by atoms with Gasteiger partial charge >= 0.3 is 5.69 Å². The molecular weight excluding hydrogens is 346 g/mol. The molecule has 0 radical (unpaired) electrons. The van der Waals surface area contributed by atoms with Crippen molar-refractivity contribution >= 4 is 5.71 Å². The van der Waals surface area contributed by atoms with Crippen molar-refractivity contribution < 1.29 is 5.11 Å². The van der Waals surface area contributed by atoms with Gasteiger partial charge in [-0.25, -0.2) is 4.79 Å². The Morgan fingerprint density at radius 3 is 2.44 bits per heavy atom. The van der Waals surface area contributed by atoms with E-state index >= 15 is 0 Å². The van der Waals surface area contributed by atoms with Gasteiger partial charge in [-0.15, -0.1) is 0 Å². The fraction of sp³-hybridized carbons (Fsp3) is 0.421. The summed E-state index contributed by atoms with van der Waals surface area (Å²) in [6.07, 6.45) is 0.465. The third-order valence-electron chi connectivity index (χ3n) is 4.72. The quantitative estimate of drug-likeness (QED) is 0.753. The lowest BCUT2D eigenvalue weighted by molar-refractivity contribution is 0.159. The van der Waals surface area contributed by atoms with Gasteiger partial charge in [-0.05, 0) is 19.0 Å². The Labute approximate surface area is 157 Å². The molecule has 144 valence electrons. The first-order valence-corrected chi connectivity index (χ1v) is 9.11. The van der Waals surface area contributed by atoms with Gasteiger partial charge in [0.25, 0.3) is 5.56 Å². The van der Waals surface area contributed by atoms with E-state index < -0.39 is 11.2 Å². The molecule has 1 saturated heterocycles. The topological polar surface area (TPSA) is 93.9 Å². The predicted octanol–water partition coefficient (Wildman–Crippen LogP) is 0.652. The van der Waals surface area contributed by atoms with Crippen molar-refractivity contribution in [2.45, 2.75) is 19.9 Å². The molecule has 27 heavy (non-hydrogen) atoms. The molecule has 0 amide bonds. The first kappa shape index (κ1) is 18.9. The third-order valence-corrected chi connectivity index (χ3v) is 4.72. The standard InChI is InChI=1S/C19H25N5O3/c1-3-15(21-23-11-9-22(2)10-12-23)16-17(25)20-19(27)24(18(16)26)13-14-7-5-4-6-8-14/h4-8,26H,3,9-13H2,1-2H3,(H,20,25,27). The summed E-state index contributed by atoms with van der Waals surface area (Å²) in [5, 5.41) is 17.2. The molecule has 1 fully saturated rings. The summed E-state index contributed by atoms with van der Waals surface area (Å²) >= 11 is 0. The van der Waals surface area contributed by atoms with Crippen LogP contribution in [0.25, 0.3) is 0 Å². The summed E-state index contributed by atoms with van der Waals surface area (Å²) in [5.74, 6) is -0.345. The number of likely N-dealkylation sites (N-methyl/N-ethyl adjacent to an activating group) is 1. The highest BCUT2D eigenvalue weighted by Crippen LogP contribution is 2.16. The van der Waals surface area contributed by atoms with Crippen LogP contribution in [0, 0.1) is 0 Å². The lowest BCUT2D eigenvalue weighted by atomic mass is 10.1. The maximum atomic E-state index is 12.4. The van der Waals surface area contributed by atoms with Gasteiger partial charge in [-0.2, -0.15) is 5.10 Å². The zero-order chi connectivity index (χ0) is 19.4. The minimum absolute atomic E-state index is 0.0620. The van der Waals surface area contributed by atoms with E-state index in [2.05, 4.69) is 22.0 Å². The van der Waals surface area contributed by atoms with Crippen LogP contribution >= 0.6 is 0 Å². The summed E-state index contributed by atoms with van der Waals surface area (Å²) in [5.41, 5.74) is 0.130. The molecule has 1 aromatic carbocycles. The number of nitrogens with zero attached hydrogens (tertiary/aromatic N) is 4. The zero-order valence-electron chi connectivity index (χ0n) is 15.7. The number of aromatic nitrogens is 2. The largest absolute Gasteiger partial charge is 0.494 e. The van der Waals surface area contributed by atoms with Crippen molar-refractivity contribution in [3.8, 4) is 5.88 Å². The second-order valence-corrected chi connectivity index (χ2v) is 6.69. The number of aromatic hydroxyl groups is 1. The number of benzene rings is 1. The molecule has 1 aromatic heterocycles. The van der Waals surface area contributed by atoms with Gasteiger partial charge in [-0.1, -0.05) is 37.3 Å². The summed E-state index contributed by atoms with van der Waals surface area (Å²) in [4.78, 5) is 29.2. The second-order valence-electron chi connectivity index (χ2n) is 6.69. The SMILES string of the molecule is CCC(=NN1CCN(C)CC1)c1c(O)n(Cc2ccccc2)c(=O)[nH]c1=O. The van der Waals surface area contributed by atoms with Crippen molar-refractivity contribution in [1.82, 2.24) is 19.5 Å². The van der Waals surface area contributed by atoms with Crippen LogP contribution in [-0.2, 0) is 6.54 Å². The van der Waals surface area contributed by atoms with E-state index in [1.165, 1.54) is 4.57 Å². The Morgan fingerprint density at radius 1 is 1.15 bits per heavy atom. The number of hydrogen-bond acceptors (Lipinski definition) is 6. The Hall–Kier alpha value is -2.87. The van der Waals surface area contributed by atoms with Gasteiger partial charge in [0.15, 0.2) is 0 Å². The molecule has 0 saturated carbocycles. The van der Waals surface area contributed by atoms with Crippen LogP contribution < -0.4 is 11.2 Å². The van der Waals surface area contributed by atoms with Crippen LogP contribution in [0.4, 0.5) is 0 Å². The molecule has 8 nitrogen and oxygen atoms in total. The number of aromatic amines is 1. The molecule has 0 aliphatic carbocycles. The van der Waals surface area contributed by atoms with Crippen LogP contribution in [-0.4, -0.2) is 63.5 Å². The molecular formula is C19H25N5O3. The smallest absolute Gasteiger partial charge is 0.331 e. The highest BCUT2D eigenvalue weighted by atomic mass is 16.3. The molecule has 1 aliphatic heterocycles. The van der Waals surface area contributed by atoms with Crippen LogP contribution in [0.1, 0.15) is 24.5 Å². The van der Waals surface area contributed by atoms with E-state index in [-0.39, 0.29) is 18.0 Å². The maximum Gasteiger partial charge on any atom is 0.331 e. The molecule has 8 heteroatoms. The summed E-state index contributed by atoms with van der Waals surface area (Å²) in [6.45, 7) is 5.32. The molecule has 1 aliphatic rings. The fourth-order valence-electron chi connectivity index (χ4n) is 3.10. The van der Waals surface area contributed by atoms with Crippen molar-refractivity contribution in [2.75, 3.05) is 33.2 Å². The van der Waals surface area contributed by atoms with Crippen LogP contribution in [0.15, 0.2) is 45.0 Å². The van der Waals surface area contributed by atoms with Crippen molar-refractivity contribution in [3.05, 3.63) is 62.3 Å². The Kier molecular flexibility index (Phi) is 5.75. The molecule has 2 aromatic rings. The van der Waals surface area contributed by atoms with Gasteiger partial charge in [0, 0.05) is 26.2 Å². The third kappa shape index (κ3) is 4.28. The second kappa shape index (κ2) is 8.22. The lowest BCUT2D eigenvalue weighted by Crippen LogP contribution is -2.42. The minimum Gasteiger partial charge on any atom is -0.494 e. The Bertz CT molecular complexity index is 925. The monoisotopic (exact) mass is 371 g/mol. The molecule has 0 atom stereocenters. The summed E-state index contributed by atoms with van der Waals surface area (Å²) < 4.78 is 1.17. The molecule has 3 rings (SSSR count). The fourth-order valence-corrected chi connectivity index (χ4v) is 3.10. The number of H-pyrrole nitrogens is 1. The molecule has 0 spiro atoms. The number of rotatable bonds is 5. The van der Waals surface area contributed by atoms with E-state index in [0.717, 1.165) is 31.7 Å². The van der Waals surface area contributed by atoms with E-state index in [1.807, 2.05) is 42.3 Å². The molecule has 2 heterocycles. The van der Waals surface area contributed by atoms with Crippen molar-refractivity contribution in [3.63, 3.8) is 0 Å². The average Bonchev–Trinajstić information content (AvgIpc) is 2.66. The number of hydrogen-bond donors (Lipinski definition) is 2. The number of hydrazone groups is 1. The number of nitrogens with one attached hydrogen (secondary N) is 1. The van der Waals surface area contributed by atoms with Gasteiger partial charge in [-0.3, -0.25) is 19.4 Å². The van der Waals surface area contributed by atoms with Crippen molar-refractivity contribution in [1.29, 1.82) is 0 Å². The molecule has 0 unspecified atom stereocenters.